The molecule has 0 heterocycles. The highest BCUT2D eigenvalue weighted by Gasteiger charge is 2.31. The monoisotopic (exact) mass is 344 g/mol. The molecule has 6 nitrogen and oxygen atoms in total. The van der Waals surface area contributed by atoms with Gasteiger partial charge in [-0.3, -0.25) is 0 Å². The fourth-order valence-electron chi connectivity index (χ4n) is 2.96. The van der Waals surface area contributed by atoms with Gasteiger partial charge in [0.05, 0.1) is 17.6 Å². The van der Waals surface area contributed by atoms with E-state index in [-0.39, 0.29) is 18.0 Å². The van der Waals surface area contributed by atoms with Crippen LogP contribution in [0, 0.1) is 11.7 Å². The zero-order valence-corrected chi connectivity index (χ0v) is 13.7. The summed E-state index contributed by atoms with van der Waals surface area (Å²) in [5.41, 5.74) is 5.49. The Morgan fingerprint density at radius 2 is 2.09 bits per heavy atom. The molecule has 0 aromatic heterocycles. The minimum Gasteiger partial charge on any atom is -0.465 e. The van der Waals surface area contributed by atoms with Crippen molar-refractivity contribution in [2.75, 3.05) is 13.7 Å². The lowest BCUT2D eigenvalue weighted by Gasteiger charge is -2.23. The maximum atomic E-state index is 13.5. The van der Waals surface area contributed by atoms with E-state index in [1.807, 2.05) is 0 Å². The molecule has 3 N–H and O–H groups in total. The molecular formula is C15H21FN2O4S. The van der Waals surface area contributed by atoms with Gasteiger partial charge < -0.3 is 10.5 Å². The number of carbonyl (C=O) groups is 1. The van der Waals surface area contributed by atoms with Crippen molar-refractivity contribution >= 4 is 16.0 Å². The predicted molar refractivity (Wildman–Crippen MR) is 82.9 cm³/mol. The van der Waals surface area contributed by atoms with E-state index in [1.165, 1.54) is 0 Å². The second-order valence-electron chi connectivity index (χ2n) is 5.64. The van der Waals surface area contributed by atoms with Crippen molar-refractivity contribution < 1.29 is 22.3 Å². The van der Waals surface area contributed by atoms with Gasteiger partial charge in [0.1, 0.15) is 5.82 Å². The van der Waals surface area contributed by atoms with Gasteiger partial charge in [-0.25, -0.2) is 22.3 Å². The van der Waals surface area contributed by atoms with Crippen LogP contribution in [0.25, 0.3) is 0 Å². The molecule has 0 aliphatic heterocycles. The third kappa shape index (κ3) is 4.07. The summed E-state index contributed by atoms with van der Waals surface area (Å²) in [6.07, 6.45) is 3.88. The number of hydrogen-bond acceptors (Lipinski definition) is 5. The molecule has 2 rings (SSSR count). The maximum absolute atomic E-state index is 13.5. The van der Waals surface area contributed by atoms with Gasteiger partial charge in [-0.05, 0) is 37.0 Å². The number of carbonyl (C=O) groups excluding carboxylic acids is 1. The first-order chi connectivity index (χ1) is 10.9. The molecule has 1 aromatic rings. The van der Waals surface area contributed by atoms with E-state index in [2.05, 4.69) is 9.46 Å². The topological polar surface area (TPSA) is 98.5 Å². The molecule has 128 valence electrons. The second kappa shape index (κ2) is 7.37. The van der Waals surface area contributed by atoms with Crippen LogP contribution in [0.5, 0.6) is 0 Å². The molecule has 1 atom stereocenters. The molecule has 1 unspecified atom stereocenters. The number of methoxy groups -OCH3 is 1. The number of rotatable bonds is 6. The predicted octanol–water partition coefficient (Wildman–Crippen LogP) is 1.41. The van der Waals surface area contributed by atoms with Crippen LogP contribution < -0.4 is 10.5 Å². The van der Waals surface area contributed by atoms with Gasteiger partial charge in [-0.1, -0.05) is 12.8 Å². The Morgan fingerprint density at radius 1 is 1.43 bits per heavy atom. The van der Waals surface area contributed by atoms with Crippen LogP contribution in [0.1, 0.15) is 36.0 Å². The highest BCUT2D eigenvalue weighted by molar-refractivity contribution is 7.89. The number of ether oxygens (including phenoxy) is 1. The zero-order chi connectivity index (χ0) is 17.0. The van der Waals surface area contributed by atoms with Gasteiger partial charge in [0, 0.05) is 12.6 Å². The minimum atomic E-state index is -4.09. The Bertz CT molecular complexity index is 672. The quantitative estimate of drug-likeness (QED) is 0.760. The van der Waals surface area contributed by atoms with E-state index in [1.54, 1.807) is 0 Å². The van der Waals surface area contributed by atoms with Crippen LogP contribution >= 0.6 is 0 Å². The van der Waals surface area contributed by atoms with Crippen molar-refractivity contribution in [1.82, 2.24) is 4.72 Å². The van der Waals surface area contributed by atoms with Gasteiger partial charge in [0.15, 0.2) is 0 Å². The molecule has 1 saturated carbocycles. The highest BCUT2D eigenvalue weighted by Crippen LogP contribution is 2.28. The lowest BCUT2D eigenvalue weighted by molar-refractivity contribution is 0.0596. The Morgan fingerprint density at radius 3 is 2.65 bits per heavy atom. The van der Waals surface area contributed by atoms with E-state index in [0.29, 0.717) is 0 Å². The summed E-state index contributed by atoms with van der Waals surface area (Å²) < 4.78 is 45.8. The lowest BCUT2D eigenvalue weighted by atomic mass is 9.99. The number of halogens is 1. The van der Waals surface area contributed by atoms with E-state index >= 15 is 0 Å². The summed E-state index contributed by atoms with van der Waals surface area (Å²) >= 11 is 0. The second-order valence-corrected chi connectivity index (χ2v) is 7.32. The van der Waals surface area contributed by atoms with Gasteiger partial charge in [-0.2, -0.15) is 0 Å². The number of benzene rings is 1. The molecule has 1 aliphatic rings. The van der Waals surface area contributed by atoms with Crippen molar-refractivity contribution in [2.24, 2.45) is 11.7 Å². The normalized spacial score (nSPS) is 17.2. The first kappa shape index (κ1) is 17.8. The fourth-order valence-corrected chi connectivity index (χ4v) is 4.48. The molecule has 23 heavy (non-hydrogen) atoms. The van der Waals surface area contributed by atoms with Crippen molar-refractivity contribution in [3.63, 3.8) is 0 Å². The summed E-state index contributed by atoms with van der Waals surface area (Å²) in [6, 6.07) is 2.50. The van der Waals surface area contributed by atoms with Gasteiger partial charge in [0.25, 0.3) is 0 Å². The summed E-state index contributed by atoms with van der Waals surface area (Å²) in [7, 11) is -2.95. The van der Waals surface area contributed by atoms with Crippen LogP contribution in [0.15, 0.2) is 23.1 Å². The van der Waals surface area contributed by atoms with Crippen LogP contribution in [0.4, 0.5) is 4.39 Å². The molecule has 8 heteroatoms. The summed E-state index contributed by atoms with van der Waals surface area (Å²) in [6.45, 7) is 0.146. The van der Waals surface area contributed by atoms with Gasteiger partial charge in [0.2, 0.25) is 10.0 Å². The van der Waals surface area contributed by atoms with Gasteiger partial charge in [-0.15, -0.1) is 0 Å². The standard InChI is InChI=1S/C15H21FN2O4S/c1-22-15(19)12-7-6-11(16)8-14(12)23(20,21)18-13(9-17)10-4-2-3-5-10/h6-8,10,13,18H,2-5,9,17H2,1H3. The van der Waals surface area contributed by atoms with Crippen LogP contribution in [0.3, 0.4) is 0 Å². The number of nitrogens with two attached hydrogens (primary N) is 1. The number of sulfonamides is 1. The van der Waals surface area contributed by atoms with E-state index in [0.717, 1.165) is 51.0 Å². The van der Waals surface area contributed by atoms with Crippen LogP contribution in [-0.2, 0) is 14.8 Å². The Hall–Kier alpha value is -1.51. The summed E-state index contributed by atoms with van der Waals surface area (Å²) in [5.74, 6) is -1.43. The van der Waals surface area contributed by atoms with E-state index in [4.69, 9.17) is 5.73 Å². The minimum absolute atomic E-state index is 0.146. The van der Waals surface area contributed by atoms with Crippen LogP contribution in [0.2, 0.25) is 0 Å². The largest absolute Gasteiger partial charge is 0.465 e. The van der Waals surface area contributed by atoms with E-state index < -0.39 is 32.7 Å². The van der Waals surface area contributed by atoms with Crippen molar-refractivity contribution in [1.29, 1.82) is 0 Å². The molecule has 1 fully saturated rings. The Balaban J connectivity index is 2.34. The molecule has 1 aromatic carbocycles. The van der Waals surface area contributed by atoms with Crippen LogP contribution in [-0.4, -0.2) is 34.1 Å². The van der Waals surface area contributed by atoms with Crippen molar-refractivity contribution in [2.45, 2.75) is 36.6 Å². The number of nitrogens with one attached hydrogen (secondary N) is 1. The van der Waals surface area contributed by atoms with Crippen molar-refractivity contribution in [3.8, 4) is 0 Å². The average molecular weight is 344 g/mol. The SMILES string of the molecule is COC(=O)c1ccc(F)cc1S(=O)(=O)NC(CN)C1CCCC1. The molecule has 0 saturated heterocycles. The smallest absolute Gasteiger partial charge is 0.339 e. The first-order valence-corrected chi connectivity index (χ1v) is 8.97. The first-order valence-electron chi connectivity index (χ1n) is 7.49. The number of hydrogen-bond donors (Lipinski definition) is 2. The molecule has 0 spiro atoms. The third-order valence-electron chi connectivity index (χ3n) is 4.17. The molecule has 0 amide bonds. The Labute approximate surface area is 135 Å². The fraction of sp³-hybridized carbons (Fsp3) is 0.533. The van der Waals surface area contributed by atoms with Gasteiger partial charge >= 0.3 is 5.97 Å². The highest BCUT2D eigenvalue weighted by atomic mass is 32.2. The molecule has 0 bridgehead atoms. The summed E-state index contributed by atoms with van der Waals surface area (Å²) in [4.78, 5) is 11.3. The molecule has 1 aliphatic carbocycles. The third-order valence-corrected chi connectivity index (χ3v) is 5.70. The van der Waals surface area contributed by atoms with Crippen molar-refractivity contribution in [3.05, 3.63) is 29.6 Å². The average Bonchev–Trinajstić information content (AvgIpc) is 3.06. The molecule has 0 radical (unpaired) electrons. The molecular weight excluding hydrogens is 323 g/mol. The van der Waals surface area contributed by atoms with E-state index in [9.17, 15) is 17.6 Å². The Kier molecular flexibility index (Phi) is 5.72. The number of esters is 1. The zero-order valence-electron chi connectivity index (χ0n) is 12.9. The summed E-state index contributed by atoms with van der Waals surface area (Å²) in [5, 5.41) is 0. The maximum Gasteiger partial charge on any atom is 0.339 e. The lowest BCUT2D eigenvalue weighted by Crippen LogP contribution is -2.44.